The Bertz CT molecular complexity index is 653. The molecule has 0 radical (unpaired) electrons. The molecule has 1 rings (SSSR count). The summed E-state index contributed by atoms with van der Waals surface area (Å²) in [7, 11) is 0. The highest BCUT2D eigenvalue weighted by Gasteiger charge is 2.34. The molecule has 0 amide bonds. The molecule has 2 unspecified atom stereocenters. The zero-order valence-electron chi connectivity index (χ0n) is 13.1. The molecule has 4 N–H and O–H groups in total. The summed E-state index contributed by atoms with van der Waals surface area (Å²) in [6.45, 7) is -0.552. The third-order valence-electron chi connectivity index (χ3n) is 3.56. The number of rotatable bonds is 11. The maximum atomic E-state index is 11.4. The largest absolute Gasteiger partial charge is 0.492 e. The molecule has 9 heteroatoms. The van der Waals surface area contributed by atoms with Crippen molar-refractivity contribution in [2.75, 3.05) is 6.61 Å². The SMILES string of the molecule is O=C(O)CCCC(C(=O)O)C(COc1ccccc1C(=O)O)C(=O)O. The van der Waals surface area contributed by atoms with E-state index >= 15 is 0 Å². The average molecular weight is 354 g/mol. The van der Waals surface area contributed by atoms with Crippen LogP contribution in [0.15, 0.2) is 24.3 Å². The molecule has 136 valence electrons. The van der Waals surface area contributed by atoms with Crippen LogP contribution in [-0.2, 0) is 14.4 Å². The maximum Gasteiger partial charge on any atom is 0.339 e. The van der Waals surface area contributed by atoms with Crippen molar-refractivity contribution < 1.29 is 44.3 Å². The molecule has 0 aliphatic rings. The Hall–Kier alpha value is -3.10. The second-order valence-corrected chi connectivity index (χ2v) is 5.29. The lowest BCUT2D eigenvalue weighted by molar-refractivity contribution is -0.155. The molecule has 0 aromatic heterocycles. The van der Waals surface area contributed by atoms with Crippen LogP contribution in [0, 0.1) is 11.8 Å². The number of benzene rings is 1. The van der Waals surface area contributed by atoms with Crippen molar-refractivity contribution in [3.8, 4) is 5.75 Å². The smallest absolute Gasteiger partial charge is 0.339 e. The fourth-order valence-electron chi connectivity index (χ4n) is 2.28. The summed E-state index contributed by atoms with van der Waals surface area (Å²) in [5.74, 6) is -8.05. The van der Waals surface area contributed by atoms with E-state index < -0.39 is 42.3 Å². The van der Waals surface area contributed by atoms with E-state index in [0.29, 0.717) is 0 Å². The highest BCUT2D eigenvalue weighted by atomic mass is 16.5. The molecule has 0 aliphatic heterocycles. The Balaban J connectivity index is 2.87. The fraction of sp³-hybridized carbons (Fsp3) is 0.375. The summed E-state index contributed by atoms with van der Waals surface area (Å²) < 4.78 is 5.24. The Kier molecular flexibility index (Phi) is 7.39. The predicted octanol–water partition coefficient (Wildman–Crippen LogP) is 1.42. The molecule has 2 atom stereocenters. The Morgan fingerprint density at radius 3 is 2.04 bits per heavy atom. The van der Waals surface area contributed by atoms with Crippen molar-refractivity contribution in [2.45, 2.75) is 19.3 Å². The first-order valence-corrected chi connectivity index (χ1v) is 7.36. The second kappa shape index (κ2) is 9.26. The molecule has 0 saturated heterocycles. The summed E-state index contributed by atoms with van der Waals surface area (Å²) >= 11 is 0. The van der Waals surface area contributed by atoms with Crippen LogP contribution in [-0.4, -0.2) is 50.9 Å². The lowest BCUT2D eigenvalue weighted by Gasteiger charge is -2.21. The molecule has 0 fully saturated rings. The summed E-state index contributed by atoms with van der Waals surface area (Å²) in [6.07, 6.45) is -0.427. The summed E-state index contributed by atoms with van der Waals surface area (Å²) in [5.41, 5.74) is -0.176. The van der Waals surface area contributed by atoms with Crippen molar-refractivity contribution in [1.29, 1.82) is 0 Å². The number of aliphatic carboxylic acids is 3. The zero-order chi connectivity index (χ0) is 19.0. The van der Waals surface area contributed by atoms with Gasteiger partial charge in [0.1, 0.15) is 23.8 Å². The van der Waals surface area contributed by atoms with E-state index in [1.54, 1.807) is 0 Å². The molecule has 25 heavy (non-hydrogen) atoms. The first-order valence-electron chi connectivity index (χ1n) is 7.36. The molecule has 0 spiro atoms. The van der Waals surface area contributed by atoms with Gasteiger partial charge in [0.05, 0.1) is 5.92 Å². The van der Waals surface area contributed by atoms with Crippen LogP contribution in [0.2, 0.25) is 0 Å². The van der Waals surface area contributed by atoms with Gasteiger partial charge in [-0.2, -0.15) is 0 Å². The van der Waals surface area contributed by atoms with Crippen molar-refractivity contribution in [2.24, 2.45) is 11.8 Å². The first-order chi connectivity index (χ1) is 11.7. The molecule has 1 aromatic rings. The summed E-state index contributed by atoms with van der Waals surface area (Å²) in [5, 5.41) is 36.2. The van der Waals surface area contributed by atoms with Gasteiger partial charge in [0.15, 0.2) is 0 Å². The third kappa shape index (κ3) is 6.13. The monoisotopic (exact) mass is 354 g/mol. The molecule has 0 heterocycles. The van der Waals surface area contributed by atoms with Crippen molar-refractivity contribution in [3.63, 3.8) is 0 Å². The van der Waals surface area contributed by atoms with Crippen molar-refractivity contribution in [1.82, 2.24) is 0 Å². The quantitative estimate of drug-likeness (QED) is 0.461. The van der Waals surface area contributed by atoms with Gasteiger partial charge in [-0.15, -0.1) is 0 Å². The molecular weight excluding hydrogens is 336 g/mol. The van der Waals surface area contributed by atoms with Gasteiger partial charge in [-0.25, -0.2) is 4.79 Å². The van der Waals surface area contributed by atoms with E-state index in [9.17, 15) is 29.4 Å². The molecule has 0 saturated carbocycles. The maximum absolute atomic E-state index is 11.4. The van der Waals surface area contributed by atoms with Gasteiger partial charge in [0, 0.05) is 6.42 Å². The van der Waals surface area contributed by atoms with E-state index in [0.717, 1.165) is 0 Å². The lowest BCUT2D eigenvalue weighted by atomic mass is 9.88. The summed E-state index contributed by atoms with van der Waals surface area (Å²) in [4.78, 5) is 44.4. The number of para-hydroxylation sites is 1. The fourth-order valence-corrected chi connectivity index (χ4v) is 2.28. The Morgan fingerprint density at radius 2 is 1.52 bits per heavy atom. The number of ether oxygens (including phenoxy) is 1. The second-order valence-electron chi connectivity index (χ2n) is 5.29. The van der Waals surface area contributed by atoms with E-state index in [1.807, 2.05) is 0 Å². The predicted molar refractivity (Wildman–Crippen MR) is 82.6 cm³/mol. The highest BCUT2D eigenvalue weighted by molar-refractivity contribution is 5.90. The van der Waals surface area contributed by atoms with Gasteiger partial charge >= 0.3 is 23.9 Å². The first kappa shape index (κ1) is 19.9. The third-order valence-corrected chi connectivity index (χ3v) is 3.56. The normalized spacial score (nSPS) is 12.8. The number of carbonyl (C=O) groups is 4. The van der Waals surface area contributed by atoms with Gasteiger partial charge in [-0.1, -0.05) is 12.1 Å². The van der Waals surface area contributed by atoms with Crippen LogP contribution in [0.5, 0.6) is 5.75 Å². The van der Waals surface area contributed by atoms with Crippen molar-refractivity contribution in [3.05, 3.63) is 29.8 Å². The van der Waals surface area contributed by atoms with Gasteiger partial charge in [0.2, 0.25) is 0 Å². The number of carboxylic acid groups (broad SMARTS) is 4. The molecule has 0 bridgehead atoms. The lowest BCUT2D eigenvalue weighted by Crippen LogP contribution is -2.34. The van der Waals surface area contributed by atoms with Crippen LogP contribution in [0.4, 0.5) is 0 Å². The van der Waals surface area contributed by atoms with Gasteiger partial charge < -0.3 is 25.2 Å². The molecule has 0 aliphatic carbocycles. The molecule has 1 aromatic carbocycles. The van der Waals surface area contributed by atoms with E-state index in [-0.39, 0.29) is 30.6 Å². The van der Waals surface area contributed by atoms with Crippen LogP contribution < -0.4 is 4.74 Å². The summed E-state index contributed by atoms with van der Waals surface area (Å²) in [6, 6.07) is 5.58. The highest BCUT2D eigenvalue weighted by Crippen LogP contribution is 2.24. The number of hydrogen-bond acceptors (Lipinski definition) is 5. The van der Waals surface area contributed by atoms with Crippen LogP contribution in [0.25, 0.3) is 0 Å². The Morgan fingerprint density at radius 1 is 0.920 bits per heavy atom. The minimum Gasteiger partial charge on any atom is -0.492 e. The Labute approximate surface area is 142 Å². The van der Waals surface area contributed by atoms with Crippen molar-refractivity contribution >= 4 is 23.9 Å². The van der Waals surface area contributed by atoms with Gasteiger partial charge in [-0.05, 0) is 25.0 Å². The molecule has 9 nitrogen and oxygen atoms in total. The van der Waals surface area contributed by atoms with Crippen LogP contribution >= 0.6 is 0 Å². The number of aromatic carboxylic acids is 1. The van der Waals surface area contributed by atoms with E-state index in [4.69, 9.17) is 14.9 Å². The molecular formula is C16H18O9. The topological polar surface area (TPSA) is 158 Å². The number of carboxylic acids is 4. The van der Waals surface area contributed by atoms with Crippen LogP contribution in [0.3, 0.4) is 0 Å². The standard InChI is InChI=1S/C16H18O9/c17-13(18)7-3-5-9(14(19)20)11(16(23)24)8-25-12-6-2-1-4-10(12)15(21)22/h1-2,4,6,9,11H,3,5,7-8H2,(H,17,18)(H,19,20)(H,21,22)(H,23,24). The van der Waals surface area contributed by atoms with E-state index in [2.05, 4.69) is 0 Å². The minimum atomic E-state index is -1.45. The average Bonchev–Trinajstić information content (AvgIpc) is 2.52. The van der Waals surface area contributed by atoms with Crippen LogP contribution in [0.1, 0.15) is 29.6 Å². The number of hydrogen-bond donors (Lipinski definition) is 4. The van der Waals surface area contributed by atoms with Gasteiger partial charge in [-0.3, -0.25) is 14.4 Å². The van der Waals surface area contributed by atoms with Gasteiger partial charge in [0.25, 0.3) is 0 Å². The van der Waals surface area contributed by atoms with E-state index in [1.165, 1.54) is 24.3 Å². The minimum absolute atomic E-state index is 0.00178. The zero-order valence-corrected chi connectivity index (χ0v) is 13.1.